The van der Waals surface area contributed by atoms with Gasteiger partial charge in [0.2, 0.25) is 5.28 Å². The van der Waals surface area contributed by atoms with Gasteiger partial charge < -0.3 is 9.64 Å². The molecular weight excluding hydrogens is 226 g/mol. The van der Waals surface area contributed by atoms with Gasteiger partial charge >= 0.3 is 0 Å². The molecule has 5 heteroatoms. The summed E-state index contributed by atoms with van der Waals surface area (Å²) in [4.78, 5) is 10.6. The summed E-state index contributed by atoms with van der Waals surface area (Å²) >= 11 is 5.84. The average molecular weight is 242 g/mol. The summed E-state index contributed by atoms with van der Waals surface area (Å²) in [6, 6.07) is 0.597. The molecule has 0 amide bonds. The number of hydrogen-bond donors (Lipinski definition) is 0. The van der Waals surface area contributed by atoms with Crippen LogP contribution >= 0.6 is 11.6 Å². The molecule has 4 nitrogen and oxygen atoms in total. The molecule has 0 saturated heterocycles. The summed E-state index contributed by atoms with van der Waals surface area (Å²) < 4.78 is 5.12. The third-order valence-electron chi connectivity index (χ3n) is 2.71. The number of aryl methyl sites for hydroxylation is 1. The molecule has 1 aromatic rings. The predicted molar refractivity (Wildman–Crippen MR) is 64.0 cm³/mol. The largest absolute Gasteiger partial charge is 0.383 e. The molecule has 1 fully saturated rings. The van der Waals surface area contributed by atoms with E-state index in [2.05, 4.69) is 14.9 Å². The Kier molecular flexibility index (Phi) is 3.61. The van der Waals surface area contributed by atoms with Crippen molar-refractivity contribution in [1.29, 1.82) is 0 Å². The van der Waals surface area contributed by atoms with Crippen LogP contribution < -0.4 is 4.90 Å². The minimum absolute atomic E-state index is 0.309. The minimum Gasteiger partial charge on any atom is -0.383 e. The van der Waals surface area contributed by atoms with E-state index in [9.17, 15) is 0 Å². The Bertz CT molecular complexity index is 368. The third-order valence-corrected chi connectivity index (χ3v) is 2.89. The SMILES string of the molecule is COCCN(c1nc(Cl)ncc1C)C1CC1. The number of hydrogen-bond acceptors (Lipinski definition) is 4. The topological polar surface area (TPSA) is 38.2 Å². The van der Waals surface area contributed by atoms with Crippen LogP contribution in [0.3, 0.4) is 0 Å². The Labute approximate surface area is 101 Å². The molecule has 0 atom stereocenters. The number of anilines is 1. The van der Waals surface area contributed by atoms with E-state index in [1.165, 1.54) is 12.8 Å². The van der Waals surface area contributed by atoms with E-state index in [-0.39, 0.29) is 0 Å². The van der Waals surface area contributed by atoms with E-state index in [1.54, 1.807) is 13.3 Å². The average Bonchev–Trinajstić information content (AvgIpc) is 3.08. The maximum atomic E-state index is 5.84. The Hall–Kier alpha value is -0.870. The first-order chi connectivity index (χ1) is 7.72. The highest BCUT2D eigenvalue weighted by molar-refractivity contribution is 6.28. The molecule has 1 aromatic heterocycles. The second-order valence-corrected chi connectivity index (χ2v) is 4.40. The van der Waals surface area contributed by atoms with Gasteiger partial charge in [-0.1, -0.05) is 0 Å². The highest BCUT2D eigenvalue weighted by Crippen LogP contribution is 2.32. The van der Waals surface area contributed by atoms with E-state index in [1.807, 2.05) is 6.92 Å². The van der Waals surface area contributed by atoms with E-state index < -0.39 is 0 Å². The van der Waals surface area contributed by atoms with Crippen LogP contribution in [0.5, 0.6) is 0 Å². The Morgan fingerprint density at radius 3 is 2.94 bits per heavy atom. The first-order valence-electron chi connectivity index (χ1n) is 5.47. The van der Waals surface area contributed by atoms with Crippen molar-refractivity contribution in [3.63, 3.8) is 0 Å². The van der Waals surface area contributed by atoms with E-state index in [4.69, 9.17) is 16.3 Å². The zero-order chi connectivity index (χ0) is 11.5. The molecule has 1 saturated carbocycles. The van der Waals surface area contributed by atoms with Gasteiger partial charge in [-0.3, -0.25) is 0 Å². The van der Waals surface area contributed by atoms with Crippen LogP contribution in [-0.4, -0.2) is 36.3 Å². The number of rotatable bonds is 5. The molecule has 2 rings (SSSR count). The van der Waals surface area contributed by atoms with Gasteiger partial charge in [-0.2, -0.15) is 0 Å². The van der Waals surface area contributed by atoms with Crippen LogP contribution in [0.25, 0.3) is 0 Å². The maximum Gasteiger partial charge on any atom is 0.224 e. The lowest BCUT2D eigenvalue weighted by Crippen LogP contribution is -2.31. The van der Waals surface area contributed by atoms with Gasteiger partial charge in [-0.25, -0.2) is 9.97 Å². The molecule has 0 N–H and O–H groups in total. The van der Waals surface area contributed by atoms with E-state index in [0.717, 1.165) is 17.9 Å². The van der Waals surface area contributed by atoms with Crippen molar-refractivity contribution in [1.82, 2.24) is 9.97 Å². The van der Waals surface area contributed by atoms with Crippen LogP contribution in [-0.2, 0) is 4.74 Å². The molecule has 1 heterocycles. The summed E-state index contributed by atoms with van der Waals surface area (Å²) in [5.41, 5.74) is 1.06. The molecule has 1 aliphatic carbocycles. The summed E-state index contributed by atoms with van der Waals surface area (Å²) in [5, 5.41) is 0.309. The van der Waals surface area contributed by atoms with E-state index in [0.29, 0.717) is 17.9 Å². The van der Waals surface area contributed by atoms with Crippen LogP contribution in [0, 0.1) is 6.92 Å². The van der Waals surface area contributed by atoms with Crippen molar-refractivity contribution in [2.75, 3.05) is 25.2 Å². The van der Waals surface area contributed by atoms with Crippen molar-refractivity contribution in [3.8, 4) is 0 Å². The fourth-order valence-corrected chi connectivity index (χ4v) is 1.87. The molecule has 0 radical (unpaired) electrons. The number of methoxy groups -OCH3 is 1. The lowest BCUT2D eigenvalue weighted by Gasteiger charge is -2.24. The minimum atomic E-state index is 0.309. The third kappa shape index (κ3) is 2.62. The Morgan fingerprint density at radius 2 is 2.31 bits per heavy atom. The highest BCUT2D eigenvalue weighted by atomic mass is 35.5. The van der Waals surface area contributed by atoms with Gasteiger partial charge in [0.05, 0.1) is 6.61 Å². The van der Waals surface area contributed by atoms with Crippen LogP contribution in [0.1, 0.15) is 18.4 Å². The van der Waals surface area contributed by atoms with E-state index >= 15 is 0 Å². The molecule has 1 aliphatic rings. The summed E-state index contributed by atoms with van der Waals surface area (Å²) in [5.74, 6) is 0.944. The molecule has 0 bridgehead atoms. The lowest BCUT2D eigenvalue weighted by atomic mass is 10.3. The van der Waals surface area contributed by atoms with Gasteiger partial charge in [0.15, 0.2) is 0 Å². The zero-order valence-corrected chi connectivity index (χ0v) is 10.4. The molecule has 0 aromatic carbocycles. The van der Waals surface area contributed by atoms with Crippen molar-refractivity contribution in [3.05, 3.63) is 17.0 Å². The molecule has 16 heavy (non-hydrogen) atoms. The molecule has 0 spiro atoms. The summed E-state index contributed by atoms with van der Waals surface area (Å²) in [6.45, 7) is 3.57. The normalized spacial score (nSPS) is 15.2. The predicted octanol–water partition coefficient (Wildman–Crippen LogP) is 2.05. The fourth-order valence-electron chi connectivity index (χ4n) is 1.74. The molecular formula is C11H16ClN3O. The van der Waals surface area contributed by atoms with Crippen LogP contribution in [0.2, 0.25) is 5.28 Å². The fraction of sp³-hybridized carbons (Fsp3) is 0.636. The monoisotopic (exact) mass is 241 g/mol. The molecule has 0 unspecified atom stereocenters. The number of halogens is 1. The highest BCUT2D eigenvalue weighted by Gasteiger charge is 2.30. The number of aromatic nitrogens is 2. The quantitative estimate of drug-likeness (QED) is 0.740. The summed E-state index contributed by atoms with van der Waals surface area (Å²) in [6.07, 6.45) is 4.22. The van der Waals surface area contributed by atoms with Crippen molar-refractivity contribution in [2.24, 2.45) is 0 Å². The second kappa shape index (κ2) is 4.97. The number of ether oxygens (including phenoxy) is 1. The van der Waals surface area contributed by atoms with Gasteiger partial charge in [-0.05, 0) is 31.4 Å². The van der Waals surface area contributed by atoms with Gasteiger partial charge in [0, 0.05) is 31.5 Å². The lowest BCUT2D eigenvalue weighted by molar-refractivity contribution is 0.204. The molecule has 88 valence electrons. The summed E-state index contributed by atoms with van der Waals surface area (Å²) in [7, 11) is 1.71. The Morgan fingerprint density at radius 1 is 1.56 bits per heavy atom. The van der Waals surface area contributed by atoms with Gasteiger partial charge in [-0.15, -0.1) is 0 Å². The van der Waals surface area contributed by atoms with Crippen molar-refractivity contribution in [2.45, 2.75) is 25.8 Å². The van der Waals surface area contributed by atoms with Crippen LogP contribution in [0.15, 0.2) is 6.20 Å². The first kappa shape index (κ1) is 11.6. The maximum absolute atomic E-state index is 5.84. The second-order valence-electron chi connectivity index (χ2n) is 4.06. The Balaban J connectivity index is 2.19. The standard InChI is InChI=1S/C11H16ClN3O/c1-8-7-13-11(12)14-10(8)15(5-6-16-2)9-3-4-9/h7,9H,3-6H2,1-2H3. The zero-order valence-electron chi connectivity index (χ0n) is 9.61. The number of nitrogens with zero attached hydrogens (tertiary/aromatic N) is 3. The van der Waals surface area contributed by atoms with Gasteiger partial charge in [0.1, 0.15) is 5.82 Å². The van der Waals surface area contributed by atoms with Crippen LogP contribution in [0.4, 0.5) is 5.82 Å². The molecule has 0 aliphatic heterocycles. The first-order valence-corrected chi connectivity index (χ1v) is 5.85. The van der Waals surface area contributed by atoms with Crippen molar-refractivity contribution < 1.29 is 4.74 Å². The van der Waals surface area contributed by atoms with Crippen molar-refractivity contribution >= 4 is 17.4 Å². The smallest absolute Gasteiger partial charge is 0.224 e. The van der Waals surface area contributed by atoms with Gasteiger partial charge in [0.25, 0.3) is 0 Å².